The molecule has 0 radical (unpaired) electrons. The summed E-state index contributed by atoms with van der Waals surface area (Å²) in [7, 11) is 1.60. The van der Waals surface area contributed by atoms with Crippen LogP contribution in [0.25, 0.3) is 22.2 Å². The van der Waals surface area contributed by atoms with Gasteiger partial charge in [-0.05, 0) is 64.1 Å². The highest BCUT2D eigenvalue weighted by atomic mass is 19.1. The summed E-state index contributed by atoms with van der Waals surface area (Å²) in [5.74, 6) is -0.876. The fourth-order valence-corrected chi connectivity index (χ4v) is 5.64. The van der Waals surface area contributed by atoms with Gasteiger partial charge in [0.1, 0.15) is 11.4 Å². The van der Waals surface area contributed by atoms with Crippen molar-refractivity contribution in [1.82, 2.24) is 24.8 Å². The lowest BCUT2D eigenvalue weighted by atomic mass is 10.1. The minimum atomic E-state index is -0.570. The number of rotatable bonds is 9. The van der Waals surface area contributed by atoms with E-state index in [1.807, 2.05) is 54.8 Å². The number of hydrogen-bond acceptors (Lipinski definition) is 7. The second kappa shape index (κ2) is 12.8. The zero-order valence-electron chi connectivity index (χ0n) is 25.8. The van der Waals surface area contributed by atoms with Gasteiger partial charge in [-0.3, -0.25) is 14.5 Å². The van der Waals surface area contributed by atoms with Gasteiger partial charge in [0.25, 0.3) is 5.91 Å². The number of piperazine rings is 1. The maximum absolute atomic E-state index is 15.1. The van der Waals surface area contributed by atoms with Crippen LogP contribution in [-0.2, 0) is 4.79 Å². The second-order valence-electron chi connectivity index (χ2n) is 11.4. The molecule has 1 aliphatic rings. The number of nitrogens with one attached hydrogen (secondary N) is 3. The van der Waals surface area contributed by atoms with Crippen molar-refractivity contribution < 1.29 is 14.0 Å². The minimum Gasteiger partial charge on any atom is -0.367 e. The van der Waals surface area contributed by atoms with E-state index in [1.54, 1.807) is 13.1 Å². The first-order valence-electron chi connectivity index (χ1n) is 14.8. The van der Waals surface area contributed by atoms with Gasteiger partial charge in [0, 0.05) is 67.5 Å². The van der Waals surface area contributed by atoms with Crippen LogP contribution >= 0.6 is 0 Å². The number of amides is 2. The molecule has 3 N–H and O–H groups in total. The average Bonchev–Trinajstić information content (AvgIpc) is 3.41. The molecule has 1 aliphatic heterocycles. The molecule has 1 saturated heterocycles. The fraction of sp³-hybridized carbons (Fsp3) is 0.333. The molecule has 0 bridgehead atoms. The first kappa shape index (κ1) is 30.7. The van der Waals surface area contributed by atoms with Gasteiger partial charge in [0.2, 0.25) is 11.9 Å². The number of carbonyl (C=O) groups excluding carboxylic acids is 2. The van der Waals surface area contributed by atoms with E-state index in [-0.39, 0.29) is 29.5 Å². The first-order chi connectivity index (χ1) is 21.1. The molecule has 5 rings (SSSR count). The summed E-state index contributed by atoms with van der Waals surface area (Å²) in [6.07, 6.45) is 2.37. The van der Waals surface area contributed by atoms with E-state index in [1.165, 1.54) is 6.08 Å². The van der Waals surface area contributed by atoms with Gasteiger partial charge in [-0.1, -0.05) is 18.7 Å². The molecule has 0 aliphatic carbocycles. The van der Waals surface area contributed by atoms with Crippen LogP contribution in [0.1, 0.15) is 44.2 Å². The maximum atomic E-state index is 15.1. The van der Waals surface area contributed by atoms with Crippen LogP contribution in [0.15, 0.2) is 61.3 Å². The van der Waals surface area contributed by atoms with Gasteiger partial charge < -0.3 is 25.4 Å². The lowest BCUT2D eigenvalue weighted by Gasteiger charge is -2.38. The zero-order chi connectivity index (χ0) is 31.5. The molecular formula is C33H39FN8O2. The van der Waals surface area contributed by atoms with Gasteiger partial charge >= 0.3 is 0 Å². The molecule has 44 heavy (non-hydrogen) atoms. The van der Waals surface area contributed by atoms with Crippen molar-refractivity contribution >= 4 is 45.7 Å². The third-order valence-electron chi connectivity index (χ3n) is 7.92. The molecule has 11 heteroatoms. The third kappa shape index (κ3) is 6.28. The summed E-state index contributed by atoms with van der Waals surface area (Å²) in [6, 6.07) is 13.5. The fourth-order valence-electron chi connectivity index (χ4n) is 5.64. The third-order valence-corrected chi connectivity index (χ3v) is 7.92. The second-order valence-corrected chi connectivity index (χ2v) is 11.4. The summed E-state index contributed by atoms with van der Waals surface area (Å²) in [6.45, 7) is 15.5. The van der Waals surface area contributed by atoms with Gasteiger partial charge in [-0.15, -0.1) is 0 Å². The Bertz CT molecular complexity index is 1710. The summed E-state index contributed by atoms with van der Waals surface area (Å²) in [4.78, 5) is 38.2. The molecule has 3 heterocycles. The smallest absolute Gasteiger partial charge is 0.267 e. The monoisotopic (exact) mass is 598 g/mol. The summed E-state index contributed by atoms with van der Waals surface area (Å²) in [5.41, 5.74) is 4.19. The standard InChI is InChI=1S/C33H39FN8O2/c1-7-30(43)38-26-18-24(10-11-27(26)41-14-12-40(13-15-41)20(2)3)37-33-36-19-25(34)31(39-33)23-9-8-22-16-29(32(44)35-6)42(21(4)5)28(22)17-23/h7-11,16-21H,1,12-15H2,2-6H3,(H,35,44)(H,38,43)(H,36,37,39). The number of benzene rings is 2. The van der Waals surface area contributed by atoms with Crippen LogP contribution in [0.4, 0.5) is 27.4 Å². The van der Waals surface area contributed by atoms with Crippen molar-refractivity contribution in [3.63, 3.8) is 0 Å². The highest BCUT2D eigenvalue weighted by molar-refractivity contribution is 6.02. The Morgan fingerprint density at radius 1 is 1.00 bits per heavy atom. The van der Waals surface area contributed by atoms with Crippen LogP contribution in [0.3, 0.4) is 0 Å². The van der Waals surface area contributed by atoms with E-state index in [0.29, 0.717) is 28.7 Å². The molecule has 0 unspecified atom stereocenters. The average molecular weight is 599 g/mol. The predicted octanol–water partition coefficient (Wildman–Crippen LogP) is 5.58. The molecule has 0 spiro atoms. The van der Waals surface area contributed by atoms with Crippen molar-refractivity contribution in [2.24, 2.45) is 0 Å². The Labute approximate surface area is 257 Å². The Morgan fingerprint density at radius 2 is 1.75 bits per heavy atom. The molecule has 2 aromatic carbocycles. The number of anilines is 4. The highest BCUT2D eigenvalue weighted by Gasteiger charge is 2.22. The van der Waals surface area contributed by atoms with Crippen LogP contribution in [-0.4, -0.2) is 70.5 Å². The van der Waals surface area contributed by atoms with Crippen molar-refractivity contribution in [2.75, 3.05) is 48.8 Å². The zero-order valence-corrected chi connectivity index (χ0v) is 25.8. The van der Waals surface area contributed by atoms with Crippen LogP contribution < -0.4 is 20.9 Å². The maximum Gasteiger partial charge on any atom is 0.267 e. The molecular weight excluding hydrogens is 559 g/mol. The van der Waals surface area contributed by atoms with E-state index >= 15 is 4.39 Å². The Hall–Kier alpha value is -4.77. The van der Waals surface area contributed by atoms with E-state index < -0.39 is 5.82 Å². The Balaban J connectivity index is 1.45. The molecule has 0 atom stereocenters. The largest absolute Gasteiger partial charge is 0.367 e. The molecule has 1 fully saturated rings. The van der Waals surface area contributed by atoms with Crippen LogP contribution in [0, 0.1) is 5.82 Å². The molecule has 4 aromatic rings. The first-order valence-corrected chi connectivity index (χ1v) is 14.8. The molecule has 2 aromatic heterocycles. The summed E-state index contributed by atoms with van der Waals surface area (Å²) < 4.78 is 17.1. The Kier molecular flexibility index (Phi) is 8.96. The molecule has 10 nitrogen and oxygen atoms in total. The van der Waals surface area contributed by atoms with Crippen LogP contribution in [0.5, 0.6) is 0 Å². The number of hydrogen-bond donors (Lipinski definition) is 3. The number of carbonyl (C=O) groups is 2. The molecule has 2 amide bonds. The van der Waals surface area contributed by atoms with Crippen molar-refractivity contribution in [3.05, 3.63) is 72.8 Å². The van der Waals surface area contributed by atoms with E-state index in [0.717, 1.165) is 49.0 Å². The van der Waals surface area contributed by atoms with E-state index in [4.69, 9.17) is 0 Å². The molecule has 230 valence electrons. The molecule has 0 saturated carbocycles. The number of halogens is 1. The summed E-state index contributed by atoms with van der Waals surface area (Å²) >= 11 is 0. The highest BCUT2D eigenvalue weighted by Crippen LogP contribution is 2.33. The van der Waals surface area contributed by atoms with Gasteiger partial charge in [0.05, 0.1) is 17.6 Å². The van der Waals surface area contributed by atoms with Gasteiger partial charge in [-0.2, -0.15) is 0 Å². The SMILES string of the molecule is C=CC(=O)Nc1cc(Nc2ncc(F)c(-c3ccc4cc(C(=O)NC)n(C(C)C)c4c3)n2)ccc1N1CCN(C(C)C)CC1. The topological polar surface area (TPSA) is 107 Å². The lowest BCUT2D eigenvalue weighted by Crippen LogP contribution is -2.49. The van der Waals surface area contributed by atoms with Crippen molar-refractivity contribution in [1.29, 1.82) is 0 Å². The van der Waals surface area contributed by atoms with E-state index in [9.17, 15) is 9.59 Å². The minimum absolute atomic E-state index is 0.000325. The van der Waals surface area contributed by atoms with Gasteiger partial charge in [-0.25, -0.2) is 14.4 Å². The number of nitrogens with zero attached hydrogens (tertiary/aromatic N) is 5. The van der Waals surface area contributed by atoms with Crippen molar-refractivity contribution in [2.45, 2.75) is 39.8 Å². The normalized spacial score (nSPS) is 13.9. The lowest BCUT2D eigenvalue weighted by molar-refractivity contribution is -0.111. The van der Waals surface area contributed by atoms with Crippen molar-refractivity contribution in [3.8, 4) is 11.3 Å². The summed E-state index contributed by atoms with van der Waals surface area (Å²) in [5, 5.41) is 9.65. The number of fused-ring (bicyclic) bond motifs is 1. The van der Waals surface area contributed by atoms with E-state index in [2.05, 4.69) is 56.1 Å². The predicted molar refractivity (Wildman–Crippen MR) is 174 cm³/mol. The quantitative estimate of drug-likeness (QED) is 0.216. The van der Waals surface area contributed by atoms with Gasteiger partial charge in [0.15, 0.2) is 5.82 Å². The number of aromatic nitrogens is 3. The Morgan fingerprint density at radius 3 is 2.41 bits per heavy atom. The van der Waals surface area contributed by atoms with Crippen LogP contribution in [0.2, 0.25) is 0 Å².